The number of nitrogens with zero attached hydrogens (tertiary/aromatic N) is 3. The van der Waals surface area contributed by atoms with E-state index in [1.165, 1.54) is 4.70 Å². The number of carbonyl (C=O) groups is 1. The molecule has 0 spiro atoms. The van der Waals surface area contributed by atoms with Crippen molar-refractivity contribution in [1.82, 2.24) is 20.1 Å². The first kappa shape index (κ1) is 21.2. The maximum atomic E-state index is 12.0. The Labute approximate surface area is 176 Å². The van der Waals surface area contributed by atoms with E-state index in [1.54, 1.807) is 11.3 Å². The number of fused-ring (bicyclic) bond motifs is 1. The zero-order chi connectivity index (χ0) is 20.8. The van der Waals surface area contributed by atoms with Crippen LogP contribution in [0.3, 0.4) is 0 Å². The molecule has 1 aromatic heterocycles. The maximum Gasteiger partial charge on any atom is 0.257 e. The molecule has 0 bridgehead atoms. The Bertz CT molecular complexity index is 935. The summed E-state index contributed by atoms with van der Waals surface area (Å²) in [6.07, 6.45) is 0. The Morgan fingerprint density at radius 2 is 1.90 bits per heavy atom. The van der Waals surface area contributed by atoms with E-state index in [2.05, 4.69) is 22.3 Å². The summed E-state index contributed by atoms with van der Waals surface area (Å²) in [5, 5.41) is 3.86. The lowest BCUT2D eigenvalue weighted by Gasteiger charge is -2.16. The molecule has 1 heterocycles. The highest BCUT2D eigenvalue weighted by Crippen LogP contribution is 2.33. The van der Waals surface area contributed by atoms with Crippen molar-refractivity contribution in [3.05, 3.63) is 48.0 Å². The van der Waals surface area contributed by atoms with Crippen molar-refractivity contribution in [3.63, 3.8) is 0 Å². The van der Waals surface area contributed by atoms with E-state index >= 15 is 0 Å². The number of likely N-dealkylation sites (N-methyl/N-ethyl adjacent to an activating group) is 1. The van der Waals surface area contributed by atoms with E-state index in [0.29, 0.717) is 6.54 Å². The fraction of sp³-hybridized carbons (Fsp3) is 0.364. The van der Waals surface area contributed by atoms with Crippen LogP contribution in [0.25, 0.3) is 20.8 Å². The highest BCUT2D eigenvalue weighted by Gasteiger charge is 2.12. The van der Waals surface area contributed by atoms with Crippen LogP contribution in [0.1, 0.15) is 5.56 Å². The average Bonchev–Trinajstić information content (AvgIpc) is 3.10. The summed E-state index contributed by atoms with van der Waals surface area (Å²) >= 11 is 1.68. The minimum atomic E-state index is -0.113. The van der Waals surface area contributed by atoms with Crippen LogP contribution in [0.4, 0.5) is 0 Å². The molecule has 1 N–H and O–H groups in total. The molecule has 6 nitrogen and oxygen atoms in total. The standard InChI is InChI=1S/C22H28N4O2S/c1-25(2)12-11-23-21(27)15-28-19-10-9-16(13-17(19)14-26(3)4)22-24-18-7-5-6-8-20(18)29-22/h5-10,13H,11-12,14-15H2,1-4H3,(H,23,27). The van der Waals surface area contributed by atoms with Gasteiger partial charge in [-0.2, -0.15) is 0 Å². The minimum absolute atomic E-state index is 0.00828. The quantitative estimate of drug-likeness (QED) is 0.585. The number of thiazole rings is 1. The smallest absolute Gasteiger partial charge is 0.257 e. The molecule has 0 unspecified atom stereocenters. The summed E-state index contributed by atoms with van der Waals surface area (Å²) in [4.78, 5) is 20.9. The largest absolute Gasteiger partial charge is 0.483 e. The third-order valence-electron chi connectivity index (χ3n) is 4.33. The van der Waals surface area contributed by atoms with Crippen LogP contribution >= 0.6 is 11.3 Å². The number of aromatic nitrogens is 1. The van der Waals surface area contributed by atoms with Gasteiger partial charge in [0.25, 0.3) is 5.91 Å². The van der Waals surface area contributed by atoms with E-state index in [-0.39, 0.29) is 12.5 Å². The van der Waals surface area contributed by atoms with Gasteiger partial charge < -0.3 is 19.9 Å². The Hall–Kier alpha value is -2.48. The van der Waals surface area contributed by atoms with Gasteiger partial charge in [0.1, 0.15) is 10.8 Å². The SMILES string of the molecule is CN(C)CCNC(=O)COc1ccc(-c2nc3ccccc3s2)cc1CN(C)C. The fourth-order valence-corrected chi connectivity index (χ4v) is 3.89. The van der Waals surface area contributed by atoms with E-state index in [9.17, 15) is 4.79 Å². The molecule has 3 rings (SSSR count). The molecule has 0 aliphatic heterocycles. The van der Waals surface area contributed by atoms with Crippen molar-refractivity contribution in [2.45, 2.75) is 6.54 Å². The van der Waals surface area contributed by atoms with Gasteiger partial charge in [0.2, 0.25) is 0 Å². The number of carbonyl (C=O) groups excluding carboxylic acids is 1. The number of rotatable bonds is 9. The first-order valence-electron chi connectivity index (χ1n) is 9.60. The second kappa shape index (κ2) is 9.82. The van der Waals surface area contributed by atoms with Crippen molar-refractivity contribution in [2.24, 2.45) is 0 Å². The molecule has 7 heteroatoms. The third kappa shape index (κ3) is 6.00. The third-order valence-corrected chi connectivity index (χ3v) is 5.41. The Morgan fingerprint density at radius 3 is 2.62 bits per heavy atom. The summed E-state index contributed by atoms with van der Waals surface area (Å²) in [6, 6.07) is 14.2. The summed E-state index contributed by atoms with van der Waals surface area (Å²) in [5.41, 5.74) is 3.11. The number of amides is 1. The lowest BCUT2D eigenvalue weighted by Crippen LogP contribution is -2.34. The van der Waals surface area contributed by atoms with Gasteiger partial charge in [-0.3, -0.25) is 4.79 Å². The molecule has 0 radical (unpaired) electrons. The monoisotopic (exact) mass is 412 g/mol. The predicted octanol–water partition coefficient (Wildman–Crippen LogP) is 3.08. The summed E-state index contributed by atoms with van der Waals surface area (Å²) in [6.45, 7) is 2.13. The van der Waals surface area contributed by atoms with Crippen LogP contribution in [0, 0.1) is 0 Å². The number of nitrogens with one attached hydrogen (secondary N) is 1. The van der Waals surface area contributed by atoms with Gasteiger partial charge in [-0.15, -0.1) is 11.3 Å². The van der Waals surface area contributed by atoms with Gasteiger partial charge in [-0.25, -0.2) is 4.98 Å². The van der Waals surface area contributed by atoms with Gasteiger partial charge in [-0.1, -0.05) is 12.1 Å². The van der Waals surface area contributed by atoms with E-state index in [4.69, 9.17) is 9.72 Å². The van der Waals surface area contributed by atoms with Crippen molar-refractivity contribution in [3.8, 4) is 16.3 Å². The molecule has 0 saturated carbocycles. The zero-order valence-corrected chi connectivity index (χ0v) is 18.3. The first-order valence-corrected chi connectivity index (χ1v) is 10.4. The van der Waals surface area contributed by atoms with Gasteiger partial charge in [-0.05, 0) is 58.5 Å². The summed E-state index contributed by atoms with van der Waals surface area (Å²) in [5.74, 6) is 0.615. The molecular formula is C22H28N4O2S. The number of benzene rings is 2. The number of ether oxygens (including phenoxy) is 1. The van der Waals surface area contributed by atoms with Gasteiger partial charge in [0.15, 0.2) is 6.61 Å². The molecule has 154 valence electrons. The molecule has 0 aliphatic carbocycles. The van der Waals surface area contributed by atoms with Gasteiger partial charge in [0, 0.05) is 30.8 Å². The fourth-order valence-electron chi connectivity index (χ4n) is 2.93. The molecule has 0 fully saturated rings. The van der Waals surface area contributed by atoms with Crippen LogP contribution in [-0.4, -0.2) is 68.6 Å². The molecular weight excluding hydrogens is 384 g/mol. The Kier molecular flexibility index (Phi) is 7.19. The number of hydrogen-bond donors (Lipinski definition) is 1. The molecule has 1 amide bonds. The summed E-state index contributed by atoms with van der Waals surface area (Å²) < 4.78 is 7.01. The first-order chi connectivity index (χ1) is 13.9. The lowest BCUT2D eigenvalue weighted by molar-refractivity contribution is -0.123. The van der Waals surface area contributed by atoms with E-state index < -0.39 is 0 Å². The van der Waals surface area contributed by atoms with Crippen LogP contribution in [-0.2, 0) is 11.3 Å². The Morgan fingerprint density at radius 1 is 1.10 bits per heavy atom. The number of hydrogen-bond acceptors (Lipinski definition) is 6. The summed E-state index contributed by atoms with van der Waals surface area (Å²) in [7, 11) is 7.98. The molecule has 0 atom stereocenters. The van der Waals surface area contributed by atoms with Gasteiger partial charge in [0.05, 0.1) is 10.2 Å². The van der Waals surface area contributed by atoms with Crippen LogP contribution in [0.15, 0.2) is 42.5 Å². The molecule has 2 aromatic carbocycles. The van der Waals surface area contributed by atoms with E-state index in [0.717, 1.165) is 40.5 Å². The van der Waals surface area contributed by atoms with Crippen LogP contribution in [0.5, 0.6) is 5.75 Å². The average molecular weight is 413 g/mol. The maximum absolute atomic E-state index is 12.0. The second-order valence-electron chi connectivity index (χ2n) is 7.49. The zero-order valence-electron chi connectivity index (χ0n) is 17.4. The molecule has 3 aromatic rings. The van der Waals surface area contributed by atoms with Gasteiger partial charge >= 0.3 is 0 Å². The number of para-hydroxylation sites is 1. The van der Waals surface area contributed by atoms with Crippen molar-refractivity contribution in [1.29, 1.82) is 0 Å². The molecule has 29 heavy (non-hydrogen) atoms. The van der Waals surface area contributed by atoms with Crippen molar-refractivity contribution >= 4 is 27.5 Å². The lowest BCUT2D eigenvalue weighted by atomic mass is 10.1. The molecule has 0 aliphatic rings. The van der Waals surface area contributed by atoms with Crippen LogP contribution in [0.2, 0.25) is 0 Å². The normalized spacial score (nSPS) is 11.4. The highest BCUT2D eigenvalue weighted by molar-refractivity contribution is 7.21. The highest BCUT2D eigenvalue weighted by atomic mass is 32.1. The Balaban J connectivity index is 1.74. The van der Waals surface area contributed by atoms with Crippen LogP contribution < -0.4 is 10.1 Å². The van der Waals surface area contributed by atoms with E-state index in [1.807, 2.05) is 63.4 Å². The van der Waals surface area contributed by atoms with Crippen molar-refractivity contribution in [2.75, 3.05) is 47.9 Å². The second-order valence-corrected chi connectivity index (χ2v) is 8.52. The molecule has 0 saturated heterocycles. The van der Waals surface area contributed by atoms with Crippen molar-refractivity contribution < 1.29 is 9.53 Å². The predicted molar refractivity (Wildman–Crippen MR) is 120 cm³/mol. The minimum Gasteiger partial charge on any atom is -0.483 e. The topological polar surface area (TPSA) is 57.7 Å².